The minimum absolute atomic E-state index is 0.322. The number of nitrogens with two attached hydrogens (primary N) is 1. The monoisotopic (exact) mass is 203 g/mol. The van der Waals surface area contributed by atoms with Crippen molar-refractivity contribution in [2.45, 2.75) is 58.2 Å². The van der Waals surface area contributed by atoms with Crippen LogP contribution in [0.5, 0.6) is 0 Å². The predicted molar refractivity (Wildman–Crippen MR) is 59.2 cm³/mol. The van der Waals surface area contributed by atoms with E-state index in [1.165, 1.54) is 0 Å². The summed E-state index contributed by atoms with van der Waals surface area (Å²) in [5, 5.41) is 9.87. The van der Waals surface area contributed by atoms with Gasteiger partial charge in [-0.1, -0.05) is 13.8 Å². The fourth-order valence-corrected chi connectivity index (χ4v) is 1.23. The molecule has 0 saturated heterocycles. The van der Waals surface area contributed by atoms with Crippen LogP contribution < -0.4 is 5.73 Å². The molecule has 0 radical (unpaired) electrons. The summed E-state index contributed by atoms with van der Waals surface area (Å²) >= 11 is 0. The van der Waals surface area contributed by atoms with Gasteiger partial charge in [0.25, 0.3) is 0 Å². The Morgan fingerprint density at radius 3 is 2.50 bits per heavy atom. The van der Waals surface area contributed by atoms with Gasteiger partial charge < -0.3 is 15.6 Å². The Kier molecular flexibility index (Phi) is 7.15. The first-order valence-electron chi connectivity index (χ1n) is 5.62. The number of rotatable bonds is 8. The lowest BCUT2D eigenvalue weighted by atomic mass is 9.95. The van der Waals surface area contributed by atoms with Gasteiger partial charge in [0.05, 0.1) is 11.7 Å². The van der Waals surface area contributed by atoms with Crippen LogP contribution in [0.4, 0.5) is 0 Å². The molecule has 0 aliphatic heterocycles. The van der Waals surface area contributed by atoms with E-state index in [2.05, 4.69) is 13.8 Å². The van der Waals surface area contributed by atoms with E-state index in [9.17, 15) is 5.11 Å². The highest BCUT2D eigenvalue weighted by Gasteiger charge is 2.21. The van der Waals surface area contributed by atoms with Crippen LogP contribution in [0.15, 0.2) is 0 Å². The van der Waals surface area contributed by atoms with Gasteiger partial charge >= 0.3 is 0 Å². The SMILES string of the molecule is CCC(C)OCCCC(O)(CC)CN. The first-order chi connectivity index (χ1) is 6.58. The summed E-state index contributed by atoms with van der Waals surface area (Å²) in [7, 11) is 0. The molecule has 0 bridgehead atoms. The summed E-state index contributed by atoms with van der Waals surface area (Å²) in [5.74, 6) is 0. The van der Waals surface area contributed by atoms with Crippen LogP contribution in [0.25, 0.3) is 0 Å². The van der Waals surface area contributed by atoms with Crippen molar-refractivity contribution in [2.75, 3.05) is 13.2 Å². The first-order valence-corrected chi connectivity index (χ1v) is 5.62. The van der Waals surface area contributed by atoms with E-state index in [0.29, 0.717) is 19.1 Å². The topological polar surface area (TPSA) is 55.5 Å². The molecule has 3 nitrogen and oxygen atoms in total. The van der Waals surface area contributed by atoms with Gasteiger partial charge in [-0.25, -0.2) is 0 Å². The van der Waals surface area contributed by atoms with Gasteiger partial charge in [0.15, 0.2) is 0 Å². The van der Waals surface area contributed by atoms with Crippen LogP contribution in [0.3, 0.4) is 0 Å². The van der Waals surface area contributed by atoms with Gasteiger partial charge in [-0.05, 0) is 32.6 Å². The van der Waals surface area contributed by atoms with E-state index in [-0.39, 0.29) is 0 Å². The number of aliphatic hydroxyl groups is 1. The second kappa shape index (κ2) is 7.21. The van der Waals surface area contributed by atoms with Crippen molar-refractivity contribution in [1.29, 1.82) is 0 Å². The third kappa shape index (κ3) is 5.58. The van der Waals surface area contributed by atoms with Crippen molar-refractivity contribution in [2.24, 2.45) is 5.73 Å². The largest absolute Gasteiger partial charge is 0.389 e. The highest BCUT2D eigenvalue weighted by molar-refractivity contribution is 4.77. The van der Waals surface area contributed by atoms with E-state index in [1.807, 2.05) is 6.92 Å². The van der Waals surface area contributed by atoms with E-state index >= 15 is 0 Å². The quantitative estimate of drug-likeness (QED) is 0.590. The lowest BCUT2D eigenvalue weighted by molar-refractivity contribution is 0.0120. The van der Waals surface area contributed by atoms with Gasteiger partial charge in [-0.15, -0.1) is 0 Å². The first kappa shape index (κ1) is 13.9. The summed E-state index contributed by atoms with van der Waals surface area (Å²) < 4.78 is 5.52. The summed E-state index contributed by atoms with van der Waals surface area (Å²) in [4.78, 5) is 0. The number of hydrogen-bond donors (Lipinski definition) is 2. The molecule has 0 aromatic carbocycles. The molecule has 0 saturated carbocycles. The molecule has 0 aromatic heterocycles. The summed E-state index contributed by atoms with van der Waals surface area (Å²) in [6.45, 7) is 7.19. The van der Waals surface area contributed by atoms with Crippen molar-refractivity contribution < 1.29 is 9.84 Å². The maximum Gasteiger partial charge on any atom is 0.0767 e. The molecular formula is C11H25NO2. The van der Waals surface area contributed by atoms with Gasteiger partial charge in [-0.2, -0.15) is 0 Å². The Balaban J connectivity index is 3.52. The normalized spacial score (nSPS) is 17.8. The van der Waals surface area contributed by atoms with Crippen molar-refractivity contribution >= 4 is 0 Å². The van der Waals surface area contributed by atoms with Crippen LogP contribution in [0.1, 0.15) is 46.5 Å². The zero-order valence-electron chi connectivity index (χ0n) is 9.75. The number of ether oxygens (including phenoxy) is 1. The molecule has 0 amide bonds. The molecule has 0 spiro atoms. The molecule has 0 heterocycles. The van der Waals surface area contributed by atoms with Crippen LogP contribution in [0, 0.1) is 0 Å². The standard InChI is InChI=1S/C11H25NO2/c1-4-10(3)14-8-6-7-11(13,5-2)9-12/h10,13H,4-9,12H2,1-3H3. The van der Waals surface area contributed by atoms with Crippen LogP contribution in [-0.4, -0.2) is 30.0 Å². The molecule has 3 N–H and O–H groups in total. The highest BCUT2D eigenvalue weighted by Crippen LogP contribution is 2.15. The third-order valence-corrected chi connectivity index (χ3v) is 2.80. The molecule has 2 atom stereocenters. The van der Waals surface area contributed by atoms with Gasteiger partial charge in [-0.3, -0.25) is 0 Å². The Bertz CT molecular complexity index is 135. The van der Waals surface area contributed by atoms with Crippen molar-refractivity contribution in [3.63, 3.8) is 0 Å². The zero-order chi connectivity index (χ0) is 11.0. The summed E-state index contributed by atoms with van der Waals surface area (Å²) in [5.41, 5.74) is 4.81. The molecule has 14 heavy (non-hydrogen) atoms. The fraction of sp³-hybridized carbons (Fsp3) is 1.00. The Morgan fingerprint density at radius 1 is 1.43 bits per heavy atom. The molecule has 0 aliphatic rings. The Morgan fingerprint density at radius 2 is 2.07 bits per heavy atom. The molecule has 0 aromatic rings. The minimum atomic E-state index is -0.682. The second-order valence-corrected chi connectivity index (χ2v) is 3.98. The predicted octanol–water partition coefficient (Wildman–Crippen LogP) is 1.68. The molecule has 0 aliphatic carbocycles. The van der Waals surface area contributed by atoms with Crippen LogP contribution in [-0.2, 0) is 4.74 Å². The third-order valence-electron chi connectivity index (χ3n) is 2.80. The van der Waals surface area contributed by atoms with E-state index in [1.54, 1.807) is 0 Å². The van der Waals surface area contributed by atoms with E-state index in [0.717, 1.165) is 25.9 Å². The minimum Gasteiger partial charge on any atom is -0.389 e. The summed E-state index contributed by atoms with van der Waals surface area (Å²) in [6, 6.07) is 0. The molecule has 3 heteroatoms. The Labute approximate surface area is 87.6 Å². The van der Waals surface area contributed by atoms with Gasteiger partial charge in [0.2, 0.25) is 0 Å². The maximum absolute atomic E-state index is 9.87. The van der Waals surface area contributed by atoms with E-state index in [4.69, 9.17) is 10.5 Å². The lowest BCUT2D eigenvalue weighted by Gasteiger charge is -2.24. The molecule has 2 unspecified atom stereocenters. The number of hydrogen-bond acceptors (Lipinski definition) is 3. The molecular weight excluding hydrogens is 178 g/mol. The zero-order valence-corrected chi connectivity index (χ0v) is 9.75. The van der Waals surface area contributed by atoms with Crippen LogP contribution in [0.2, 0.25) is 0 Å². The Hall–Kier alpha value is -0.120. The van der Waals surface area contributed by atoms with Crippen molar-refractivity contribution in [3.05, 3.63) is 0 Å². The van der Waals surface area contributed by atoms with Crippen molar-refractivity contribution in [1.82, 2.24) is 0 Å². The average molecular weight is 203 g/mol. The molecule has 86 valence electrons. The van der Waals surface area contributed by atoms with Gasteiger partial charge in [0, 0.05) is 13.2 Å². The highest BCUT2D eigenvalue weighted by atomic mass is 16.5. The van der Waals surface area contributed by atoms with Gasteiger partial charge in [0.1, 0.15) is 0 Å². The average Bonchev–Trinajstić information content (AvgIpc) is 2.23. The van der Waals surface area contributed by atoms with Crippen LogP contribution >= 0.6 is 0 Å². The fourth-order valence-electron chi connectivity index (χ4n) is 1.23. The van der Waals surface area contributed by atoms with E-state index < -0.39 is 5.60 Å². The second-order valence-electron chi connectivity index (χ2n) is 3.98. The maximum atomic E-state index is 9.87. The van der Waals surface area contributed by atoms with Crippen molar-refractivity contribution in [3.8, 4) is 0 Å². The molecule has 0 rings (SSSR count). The lowest BCUT2D eigenvalue weighted by Crippen LogP contribution is -2.37. The smallest absolute Gasteiger partial charge is 0.0767 e. The molecule has 0 fully saturated rings. The summed E-state index contributed by atoms with van der Waals surface area (Å²) in [6.07, 6.45) is 3.69.